The third-order valence-electron chi connectivity index (χ3n) is 3.38. The van der Waals surface area contributed by atoms with Crippen molar-refractivity contribution in [3.63, 3.8) is 0 Å². The Bertz CT molecular complexity index is 512. The molecule has 1 aliphatic rings. The number of ether oxygens (including phenoxy) is 1. The number of nitrogens with one attached hydrogen (secondary N) is 1. The summed E-state index contributed by atoms with van der Waals surface area (Å²) in [5.74, 6) is 0. The van der Waals surface area contributed by atoms with Gasteiger partial charge in [-0.25, -0.2) is 10.2 Å². The summed E-state index contributed by atoms with van der Waals surface area (Å²) in [7, 11) is 0. The summed E-state index contributed by atoms with van der Waals surface area (Å²) >= 11 is 0. The zero-order chi connectivity index (χ0) is 16.0. The van der Waals surface area contributed by atoms with Gasteiger partial charge in [0.2, 0.25) is 0 Å². The Hall–Kier alpha value is -2.04. The predicted molar refractivity (Wildman–Crippen MR) is 89.5 cm³/mol. The maximum atomic E-state index is 11.5. The predicted octanol–water partition coefficient (Wildman–Crippen LogP) is 3.54. The van der Waals surface area contributed by atoms with Gasteiger partial charge in [-0.2, -0.15) is 5.10 Å². The average molecular weight is 303 g/mol. The summed E-state index contributed by atoms with van der Waals surface area (Å²) in [5.41, 5.74) is 4.03. The van der Waals surface area contributed by atoms with Crippen molar-refractivity contribution in [3.05, 3.63) is 29.8 Å². The van der Waals surface area contributed by atoms with Gasteiger partial charge >= 0.3 is 6.09 Å². The van der Waals surface area contributed by atoms with E-state index in [4.69, 9.17) is 4.74 Å². The largest absolute Gasteiger partial charge is 0.443 e. The molecule has 1 fully saturated rings. The Balaban J connectivity index is 1.85. The number of benzene rings is 1. The second-order valence-corrected chi connectivity index (χ2v) is 6.51. The number of hydrogen-bond acceptors (Lipinski definition) is 4. The molecule has 0 spiro atoms. The van der Waals surface area contributed by atoms with Crippen LogP contribution in [-0.4, -0.2) is 31.0 Å². The van der Waals surface area contributed by atoms with Crippen LogP contribution in [0.3, 0.4) is 0 Å². The van der Waals surface area contributed by atoms with E-state index < -0.39 is 11.7 Å². The van der Waals surface area contributed by atoms with Crippen LogP contribution >= 0.6 is 0 Å². The van der Waals surface area contributed by atoms with Gasteiger partial charge in [0.15, 0.2) is 0 Å². The molecule has 1 aliphatic heterocycles. The Morgan fingerprint density at radius 2 is 1.82 bits per heavy atom. The van der Waals surface area contributed by atoms with E-state index in [1.807, 2.05) is 32.9 Å². The van der Waals surface area contributed by atoms with E-state index in [9.17, 15) is 4.79 Å². The number of rotatable bonds is 3. The van der Waals surface area contributed by atoms with Crippen LogP contribution in [0.4, 0.5) is 10.5 Å². The highest BCUT2D eigenvalue weighted by Crippen LogP contribution is 2.19. The maximum absolute atomic E-state index is 11.5. The second kappa shape index (κ2) is 7.29. The fourth-order valence-electron chi connectivity index (χ4n) is 2.38. The van der Waals surface area contributed by atoms with Crippen LogP contribution in [0.5, 0.6) is 0 Å². The molecule has 0 aliphatic carbocycles. The molecule has 0 bridgehead atoms. The van der Waals surface area contributed by atoms with Crippen molar-refractivity contribution in [1.82, 2.24) is 5.43 Å². The molecular formula is C17H25N3O2. The number of amides is 1. The summed E-state index contributed by atoms with van der Waals surface area (Å²) in [5, 5.41) is 3.90. The Morgan fingerprint density at radius 1 is 1.18 bits per heavy atom. The van der Waals surface area contributed by atoms with Gasteiger partial charge < -0.3 is 9.64 Å². The highest BCUT2D eigenvalue weighted by molar-refractivity contribution is 5.81. The van der Waals surface area contributed by atoms with Gasteiger partial charge in [-0.3, -0.25) is 0 Å². The molecule has 0 atom stereocenters. The molecule has 1 heterocycles. The molecule has 2 rings (SSSR count). The number of hydrogen-bond donors (Lipinski definition) is 1. The van der Waals surface area contributed by atoms with E-state index >= 15 is 0 Å². The zero-order valence-electron chi connectivity index (χ0n) is 13.6. The topological polar surface area (TPSA) is 53.9 Å². The molecule has 1 N–H and O–H groups in total. The first-order valence-electron chi connectivity index (χ1n) is 7.81. The lowest BCUT2D eigenvalue weighted by molar-refractivity contribution is 0.0529. The van der Waals surface area contributed by atoms with Gasteiger partial charge in [-0.05, 0) is 57.7 Å². The third-order valence-corrected chi connectivity index (χ3v) is 3.38. The molecule has 5 heteroatoms. The van der Waals surface area contributed by atoms with Gasteiger partial charge in [-0.15, -0.1) is 0 Å². The van der Waals surface area contributed by atoms with Crippen molar-refractivity contribution >= 4 is 18.0 Å². The normalized spacial score (nSPS) is 15.9. The Labute approximate surface area is 132 Å². The first-order valence-corrected chi connectivity index (χ1v) is 7.81. The van der Waals surface area contributed by atoms with Gasteiger partial charge in [0.25, 0.3) is 0 Å². The molecule has 0 aromatic heterocycles. The Kier molecular flexibility index (Phi) is 5.41. The minimum Gasteiger partial charge on any atom is -0.443 e. The summed E-state index contributed by atoms with van der Waals surface area (Å²) < 4.78 is 5.10. The van der Waals surface area contributed by atoms with Crippen molar-refractivity contribution < 1.29 is 9.53 Å². The third kappa shape index (κ3) is 5.39. The van der Waals surface area contributed by atoms with Crippen LogP contribution in [0.15, 0.2) is 29.4 Å². The van der Waals surface area contributed by atoms with Crippen molar-refractivity contribution in [2.24, 2.45) is 5.10 Å². The van der Waals surface area contributed by atoms with E-state index in [-0.39, 0.29) is 0 Å². The summed E-state index contributed by atoms with van der Waals surface area (Å²) in [6.45, 7) is 7.71. The van der Waals surface area contributed by atoms with Crippen molar-refractivity contribution in [3.8, 4) is 0 Å². The van der Waals surface area contributed by atoms with Crippen LogP contribution in [0.1, 0.15) is 45.6 Å². The fraction of sp³-hybridized carbons (Fsp3) is 0.529. The first-order chi connectivity index (χ1) is 10.4. The molecule has 120 valence electrons. The number of anilines is 1. The quantitative estimate of drug-likeness (QED) is 0.686. The number of hydrazone groups is 1. The molecule has 5 nitrogen and oxygen atoms in total. The molecule has 0 radical (unpaired) electrons. The minimum absolute atomic E-state index is 0.518. The van der Waals surface area contributed by atoms with E-state index in [0.717, 1.165) is 18.7 Å². The number of carbonyl (C=O) groups is 1. The van der Waals surface area contributed by atoms with E-state index in [1.54, 1.807) is 6.21 Å². The van der Waals surface area contributed by atoms with Crippen LogP contribution in [-0.2, 0) is 4.74 Å². The monoisotopic (exact) mass is 303 g/mol. The van der Waals surface area contributed by atoms with Crippen LogP contribution in [0.2, 0.25) is 0 Å². The van der Waals surface area contributed by atoms with Crippen molar-refractivity contribution in [2.75, 3.05) is 18.0 Å². The highest BCUT2D eigenvalue weighted by Gasteiger charge is 2.15. The minimum atomic E-state index is -0.548. The molecular weight excluding hydrogens is 278 g/mol. The number of carbonyl (C=O) groups excluding carboxylic acids is 1. The van der Waals surface area contributed by atoms with E-state index in [2.05, 4.69) is 27.6 Å². The maximum Gasteiger partial charge on any atom is 0.428 e. The lowest BCUT2D eigenvalue weighted by Crippen LogP contribution is -2.29. The summed E-state index contributed by atoms with van der Waals surface area (Å²) in [4.78, 5) is 13.9. The Morgan fingerprint density at radius 3 is 2.41 bits per heavy atom. The van der Waals surface area contributed by atoms with Gasteiger partial charge in [0, 0.05) is 18.8 Å². The molecule has 0 saturated carbocycles. The molecule has 1 saturated heterocycles. The first kappa shape index (κ1) is 16.3. The average Bonchev–Trinajstić information content (AvgIpc) is 2.47. The lowest BCUT2D eigenvalue weighted by atomic mass is 10.1. The fourth-order valence-corrected chi connectivity index (χ4v) is 2.38. The van der Waals surface area contributed by atoms with E-state index in [0.29, 0.717) is 0 Å². The molecule has 22 heavy (non-hydrogen) atoms. The zero-order valence-corrected chi connectivity index (χ0v) is 13.6. The van der Waals surface area contributed by atoms with Crippen molar-refractivity contribution in [2.45, 2.75) is 45.6 Å². The van der Waals surface area contributed by atoms with Gasteiger partial charge in [0.05, 0.1) is 6.21 Å². The SMILES string of the molecule is CC(C)(C)OC(=O)N/N=C\c1ccc(N2CCCCC2)cc1. The van der Waals surface area contributed by atoms with Crippen LogP contribution in [0, 0.1) is 0 Å². The molecule has 1 aromatic carbocycles. The smallest absolute Gasteiger partial charge is 0.428 e. The molecule has 1 amide bonds. The number of piperidine rings is 1. The summed E-state index contributed by atoms with van der Waals surface area (Å²) in [6.07, 6.45) is 4.93. The van der Waals surface area contributed by atoms with Gasteiger partial charge in [0.1, 0.15) is 5.60 Å². The van der Waals surface area contributed by atoms with Crippen molar-refractivity contribution in [1.29, 1.82) is 0 Å². The number of nitrogens with zero attached hydrogens (tertiary/aromatic N) is 2. The lowest BCUT2D eigenvalue weighted by Gasteiger charge is -2.28. The summed E-state index contributed by atoms with van der Waals surface area (Å²) in [6, 6.07) is 8.20. The van der Waals surface area contributed by atoms with Crippen LogP contribution < -0.4 is 10.3 Å². The highest BCUT2D eigenvalue weighted by atomic mass is 16.6. The standard InChI is InChI=1S/C17H25N3O2/c1-17(2,3)22-16(21)19-18-13-14-7-9-15(10-8-14)20-11-5-4-6-12-20/h7-10,13H,4-6,11-12H2,1-3H3,(H,19,21)/b18-13-. The molecule has 0 unspecified atom stereocenters. The van der Waals surface area contributed by atoms with Gasteiger partial charge in [-0.1, -0.05) is 12.1 Å². The van der Waals surface area contributed by atoms with E-state index in [1.165, 1.54) is 24.9 Å². The second-order valence-electron chi connectivity index (χ2n) is 6.51. The van der Waals surface area contributed by atoms with Crippen LogP contribution in [0.25, 0.3) is 0 Å². The molecule has 1 aromatic rings.